The van der Waals surface area contributed by atoms with Gasteiger partial charge in [-0.15, -0.1) is 0 Å². The second-order valence-electron chi connectivity index (χ2n) is 4.45. The average Bonchev–Trinajstić information content (AvgIpc) is 2.25. The number of nitrogens with zero attached hydrogens (tertiary/aromatic N) is 1. The Morgan fingerprint density at radius 1 is 1.31 bits per heavy atom. The highest BCUT2D eigenvalue weighted by molar-refractivity contribution is 5.69. The molecule has 0 atom stereocenters. The van der Waals surface area contributed by atoms with Gasteiger partial charge in [-0.1, -0.05) is 0 Å². The van der Waals surface area contributed by atoms with Gasteiger partial charge in [-0.3, -0.25) is 9.69 Å². The number of ether oxygens (including phenoxy) is 2. The van der Waals surface area contributed by atoms with E-state index in [0.29, 0.717) is 6.42 Å². The van der Waals surface area contributed by atoms with Gasteiger partial charge in [-0.05, 0) is 33.2 Å². The van der Waals surface area contributed by atoms with Gasteiger partial charge < -0.3 is 9.47 Å². The molecule has 0 unspecified atom stereocenters. The third-order valence-corrected chi connectivity index (χ3v) is 2.58. The summed E-state index contributed by atoms with van der Waals surface area (Å²) in [5, 5.41) is 0. The minimum absolute atomic E-state index is 0.00624. The lowest BCUT2D eigenvalue weighted by Crippen LogP contribution is -2.36. The lowest BCUT2D eigenvalue weighted by molar-refractivity contribution is -0.147. The van der Waals surface area contributed by atoms with Crippen molar-refractivity contribution >= 4 is 5.97 Å². The van der Waals surface area contributed by atoms with Gasteiger partial charge in [0.05, 0.1) is 19.3 Å². The highest BCUT2D eigenvalue weighted by Crippen LogP contribution is 2.04. The van der Waals surface area contributed by atoms with Crippen molar-refractivity contribution in [1.29, 1.82) is 0 Å². The van der Waals surface area contributed by atoms with Crippen LogP contribution in [0, 0.1) is 0 Å². The van der Waals surface area contributed by atoms with E-state index in [1.54, 1.807) is 0 Å². The summed E-state index contributed by atoms with van der Waals surface area (Å²) >= 11 is 0. The van der Waals surface area contributed by atoms with Crippen LogP contribution in [0.3, 0.4) is 0 Å². The molecule has 0 aromatic rings. The fourth-order valence-corrected chi connectivity index (χ4v) is 1.75. The summed E-state index contributed by atoms with van der Waals surface area (Å²) in [5.74, 6) is -0.0722. The highest BCUT2D eigenvalue weighted by Gasteiger charge is 2.10. The van der Waals surface area contributed by atoms with Crippen molar-refractivity contribution in [1.82, 2.24) is 4.90 Å². The van der Waals surface area contributed by atoms with E-state index in [1.165, 1.54) is 0 Å². The van der Waals surface area contributed by atoms with E-state index in [9.17, 15) is 4.79 Å². The highest BCUT2D eigenvalue weighted by atomic mass is 16.5. The number of carbonyl (C=O) groups is 1. The third-order valence-electron chi connectivity index (χ3n) is 2.58. The zero-order valence-electron chi connectivity index (χ0n) is 10.4. The van der Waals surface area contributed by atoms with Gasteiger partial charge in [0.2, 0.25) is 0 Å². The summed E-state index contributed by atoms with van der Waals surface area (Å²) in [4.78, 5) is 13.6. The van der Waals surface area contributed by atoms with Crippen LogP contribution in [0.5, 0.6) is 0 Å². The van der Waals surface area contributed by atoms with Gasteiger partial charge in [-0.2, -0.15) is 0 Å². The minimum atomic E-state index is -0.0722. The molecule has 1 aliphatic heterocycles. The summed E-state index contributed by atoms with van der Waals surface area (Å²) in [6.45, 7) is 8.56. The smallest absolute Gasteiger partial charge is 0.306 e. The van der Waals surface area contributed by atoms with Crippen LogP contribution < -0.4 is 0 Å². The molecule has 1 aliphatic rings. The summed E-state index contributed by atoms with van der Waals surface area (Å²) in [6.07, 6.45) is 2.53. The van der Waals surface area contributed by atoms with E-state index in [2.05, 4.69) is 4.90 Å². The van der Waals surface area contributed by atoms with Crippen molar-refractivity contribution < 1.29 is 14.3 Å². The number of hydrogen-bond acceptors (Lipinski definition) is 4. The number of hydrogen-bond donors (Lipinski definition) is 0. The normalized spacial score (nSPS) is 17.7. The molecule has 1 rings (SSSR count). The SMILES string of the molecule is CC(C)OC(=O)CCCCN1CCOCC1. The number of unbranched alkanes of at least 4 members (excludes halogenated alkanes) is 1. The van der Waals surface area contributed by atoms with Gasteiger partial charge in [0.15, 0.2) is 0 Å². The molecule has 1 fully saturated rings. The van der Waals surface area contributed by atoms with E-state index < -0.39 is 0 Å². The van der Waals surface area contributed by atoms with Crippen molar-refractivity contribution in [3.05, 3.63) is 0 Å². The number of morpholine rings is 1. The molecule has 1 heterocycles. The molecule has 0 aromatic heterocycles. The first-order valence-corrected chi connectivity index (χ1v) is 6.18. The van der Waals surface area contributed by atoms with E-state index in [1.807, 2.05) is 13.8 Å². The fourth-order valence-electron chi connectivity index (χ4n) is 1.75. The minimum Gasteiger partial charge on any atom is -0.463 e. The molecular weight excluding hydrogens is 206 g/mol. The van der Waals surface area contributed by atoms with Crippen molar-refractivity contribution in [2.45, 2.75) is 39.2 Å². The number of rotatable bonds is 6. The molecule has 94 valence electrons. The van der Waals surface area contributed by atoms with Gasteiger partial charge in [0.25, 0.3) is 0 Å². The quantitative estimate of drug-likeness (QED) is 0.510. The predicted octanol–water partition coefficient (Wildman–Crippen LogP) is 1.44. The average molecular weight is 229 g/mol. The first kappa shape index (κ1) is 13.5. The molecule has 4 heteroatoms. The van der Waals surface area contributed by atoms with Gasteiger partial charge in [-0.25, -0.2) is 0 Å². The van der Waals surface area contributed by atoms with E-state index in [4.69, 9.17) is 9.47 Å². The first-order chi connectivity index (χ1) is 7.68. The molecule has 0 radical (unpaired) electrons. The van der Waals surface area contributed by atoms with Gasteiger partial charge in [0.1, 0.15) is 0 Å². The van der Waals surface area contributed by atoms with E-state index >= 15 is 0 Å². The molecule has 0 N–H and O–H groups in total. The summed E-state index contributed by atoms with van der Waals surface area (Å²) < 4.78 is 10.3. The van der Waals surface area contributed by atoms with Crippen molar-refractivity contribution in [3.63, 3.8) is 0 Å². The van der Waals surface area contributed by atoms with Crippen LogP contribution >= 0.6 is 0 Å². The maximum atomic E-state index is 11.2. The Morgan fingerprint density at radius 2 is 2.00 bits per heavy atom. The van der Waals surface area contributed by atoms with Crippen LogP contribution in [0.4, 0.5) is 0 Å². The Bertz CT molecular complexity index is 200. The maximum Gasteiger partial charge on any atom is 0.306 e. The largest absolute Gasteiger partial charge is 0.463 e. The van der Waals surface area contributed by atoms with Crippen LogP contribution in [0.15, 0.2) is 0 Å². The molecule has 0 amide bonds. The van der Waals surface area contributed by atoms with Crippen molar-refractivity contribution in [3.8, 4) is 0 Å². The molecule has 16 heavy (non-hydrogen) atoms. The predicted molar refractivity (Wildman–Crippen MR) is 62.3 cm³/mol. The Hall–Kier alpha value is -0.610. The lowest BCUT2D eigenvalue weighted by atomic mass is 10.2. The molecule has 0 saturated carbocycles. The summed E-state index contributed by atoms with van der Waals surface area (Å²) in [5.41, 5.74) is 0. The first-order valence-electron chi connectivity index (χ1n) is 6.18. The molecule has 1 saturated heterocycles. The molecule has 4 nitrogen and oxygen atoms in total. The van der Waals surface area contributed by atoms with E-state index in [0.717, 1.165) is 45.7 Å². The zero-order chi connectivity index (χ0) is 11.8. The van der Waals surface area contributed by atoms with Gasteiger partial charge in [0, 0.05) is 19.5 Å². The topological polar surface area (TPSA) is 38.8 Å². The lowest BCUT2D eigenvalue weighted by Gasteiger charge is -2.26. The molecular formula is C12H23NO3. The third kappa shape index (κ3) is 6.08. The summed E-state index contributed by atoms with van der Waals surface area (Å²) in [6, 6.07) is 0. The van der Waals surface area contributed by atoms with Crippen LogP contribution in [-0.4, -0.2) is 49.8 Å². The van der Waals surface area contributed by atoms with Crippen LogP contribution in [-0.2, 0) is 14.3 Å². The molecule has 0 bridgehead atoms. The Balaban J connectivity index is 1.96. The zero-order valence-corrected chi connectivity index (χ0v) is 10.4. The Morgan fingerprint density at radius 3 is 2.62 bits per heavy atom. The second kappa shape index (κ2) is 7.63. The fraction of sp³-hybridized carbons (Fsp3) is 0.917. The molecule has 0 aromatic carbocycles. The maximum absolute atomic E-state index is 11.2. The van der Waals surface area contributed by atoms with Crippen molar-refractivity contribution in [2.24, 2.45) is 0 Å². The number of esters is 1. The Kier molecular flexibility index (Phi) is 6.42. The number of carbonyl (C=O) groups excluding carboxylic acids is 1. The second-order valence-corrected chi connectivity index (χ2v) is 4.45. The monoisotopic (exact) mass is 229 g/mol. The van der Waals surface area contributed by atoms with Crippen molar-refractivity contribution in [2.75, 3.05) is 32.8 Å². The van der Waals surface area contributed by atoms with Gasteiger partial charge >= 0.3 is 5.97 Å². The Labute approximate surface area is 97.9 Å². The standard InChI is InChI=1S/C12H23NO3/c1-11(2)16-12(14)5-3-4-6-13-7-9-15-10-8-13/h11H,3-10H2,1-2H3. The molecule has 0 aliphatic carbocycles. The van der Waals surface area contributed by atoms with Crippen LogP contribution in [0.1, 0.15) is 33.1 Å². The molecule has 0 spiro atoms. The van der Waals surface area contributed by atoms with Crippen LogP contribution in [0.25, 0.3) is 0 Å². The summed E-state index contributed by atoms with van der Waals surface area (Å²) in [7, 11) is 0. The van der Waals surface area contributed by atoms with E-state index in [-0.39, 0.29) is 12.1 Å². The van der Waals surface area contributed by atoms with Crippen LogP contribution in [0.2, 0.25) is 0 Å².